The summed E-state index contributed by atoms with van der Waals surface area (Å²) in [4.78, 5) is 29.4. The molecule has 9 heteroatoms. The third-order valence-electron chi connectivity index (χ3n) is 4.35. The topological polar surface area (TPSA) is 83.0 Å². The molecule has 0 aromatic heterocycles. The van der Waals surface area contributed by atoms with Gasteiger partial charge in [0, 0.05) is 25.9 Å². The van der Waals surface area contributed by atoms with E-state index in [1.54, 1.807) is 12.1 Å². The first-order valence-corrected chi connectivity index (χ1v) is 9.17. The summed E-state index contributed by atoms with van der Waals surface area (Å²) in [5, 5.41) is 6.31. The van der Waals surface area contributed by atoms with E-state index in [-0.39, 0.29) is 54.1 Å². The van der Waals surface area contributed by atoms with Gasteiger partial charge in [0.2, 0.25) is 11.8 Å². The lowest BCUT2D eigenvalue weighted by Crippen LogP contribution is -2.42. The Hall–Kier alpha value is -1.91. The molecule has 1 saturated heterocycles. The van der Waals surface area contributed by atoms with Gasteiger partial charge in [0.15, 0.2) is 17.5 Å². The number of rotatable bonds is 7. The molecule has 0 bridgehead atoms. The van der Waals surface area contributed by atoms with Gasteiger partial charge in [-0.1, -0.05) is 6.07 Å². The first-order chi connectivity index (χ1) is 13.0. The molecule has 7 nitrogen and oxygen atoms in total. The van der Waals surface area contributed by atoms with Crippen LogP contribution in [-0.2, 0) is 9.59 Å². The smallest absolute Gasteiger partial charge is 0.229 e. The highest BCUT2D eigenvalue weighted by Gasteiger charge is 2.25. The predicted octanol–water partition coefficient (Wildman–Crippen LogP) is 2.61. The number of methoxy groups -OCH3 is 1. The average molecular weight is 506 g/mol. The highest BCUT2D eigenvalue weighted by molar-refractivity contribution is 14.0. The zero-order valence-electron chi connectivity index (χ0n) is 16.5. The van der Waals surface area contributed by atoms with Gasteiger partial charge in [-0.15, -0.1) is 24.0 Å². The van der Waals surface area contributed by atoms with Crippen LogP contribution in [0.2, 0.25) is 0 Å². The number of benzene rings is 1. The van der Waals surface area contributed by atoms with Crippen LogP contribution in [0.25, 0.3) is 0 Å². The van der Waals surface area contributed by atoms with Crippen molar-refractivity contribution in [2.75, 3.05) is 26.7 Å². The number of piperidine rings is 1. The number of guanidine groups is 1. The molecular formula is C19H28FIN4O3. The first-order valence-electron chi connectivity index (χ1n) is 9.17. The fourth-order valence-electron chi connectivity index (χ4n) is 2.87. The number of aliphatic imine (C=N–C) groups is 1. The van der Waals surface area contributed by atoms with E-state index < -0.39 is 5.82 Å². The van der Waals surface area contributed by atoms with E-state index >= 15 is 0 Å². The Kier molecular flexibility index (Phi) is 10.2. The van der Waals surface area contributed by atoms with Gasteiger partial charge in [-0.2, -0.15) is 0 Å². The summed E-state index contributed by atoms with van der Waals surface area (Å²) in [5.74, 6) is 0.0382. The third-order valence-corrected chi connectivity index (χ3v) is 4.35. The second-order valence-corrected chi connectivity index (χ2v) is 6.31. The largest absolute Gasteiger partial charge is 0.494 e. The minimum Gasteiger partial charge on any atom is -0.494 e. The van der Waals surface area contributed by atoms with Crippen LogP contribution < -0.4 is 15.4 Å². The van der Waals surface area contributed by atoms with E-state index in [1.165, 1.54) is 18.1 Å². The van der Waals surface area contributed by atoms with Crippen LogP contribution in [0.4, 0.5) is 4.39 Å². The number of amides is 2. The maximum absolute atomic E-state index is 13.9. The van der Waals surface area contributed by atoms with Gasteiger partial charge in [0.1, 0.15) is 0 Å². The first kappa shape index (κ1) is 24.1. The van der Waals surface area contributed by atoms with Crippen LogP contribution in [-0.4, -0.2) is 49.4 Å². The standard InChI is InChI=1S/C19H27FN4O3.HI/c1-4-21-19(22-10-11-24-17(25)6-5-7-18(24)26)23-13(2)14-8-9-16(27-3)15(20)12-14;/h8-9,12-13H,4-7,10-11H2,1-3H3,(H2,21,22,23);1H. The van der Waals surface area contributed by atoms with Crippen LogP contribution in [0.5, 0.6) is 5.75 Å². The zero-order valence-corrected chi connectivity index (χ0v) is 18.8. The maximum Gasteiger partial charge on any atom is 0.229 e. The summed E-state index contributed by atoms with van der Waals surface area (Å²) in [6.07, 6.45) is 1.44. The number of hydrogen-bond acceptors (Lipinski definition) is 4. The SMILES string of the molecule is CCNC(=NCCN1C(=O)CCCC1=O)NC(C)c1ccc(OC)c(F)c1.I. The van der Waals surface area contributed by atoms with Crippen molar-refractivity contribution in [3.05, 3.63) is 29.6 Å². The summed E-state index contributed by atoms with van der Waals surface area (Å²) in [6, 6.07) is 4.60. The van der Waals surface area contributed by atoms with E-state index in [1.807, 2.05) is 13.8 Å². The van der Waals surface area contributed by atoms with Crippen molar-refractivity contribution in [1.82, 2.24) is 15.5 Å². The van der Waals surface area contributed by atoms with Crippen molar-refractivity contribution < 1.29 is 18.7 Å². The summed E-state index contributed by atoms with van der Waals surface area (Å²) in [5.41, 5.74) is 0.750. The van der Waals surface area contributed by atoms with E-state index in [0.29, 0.717) is 38.3 Å². The Bertz CT molecular complexity index is 698. The van der Waals surface area contributed by atoms with Crippen LogP contribution in [0.1, 0.15) is 44.7 Å². The van der Waals surface area contributed by atoms with Crippen molar-refractivity contribution in [2.45, 2.75) is 39.2 Å². The molecular weight excluding hydrogens is 478 g/mol. The van der Waals surface area contributed by atoms with E-state index in [0.717, 1.165) is 5.56 Å². The molecule has 156 valence electrons. The molecule has 1 unspecified atom stereocenters. The van der Waals surface area contributed by atoms with Gasteiger partial charge in [0.05, 0.1) is 19.7 Å². The Balaban J connectivity index is 0.00000392. The molecule has 0 aliphatic carbocycles. The Morgan fingerprint density at radius 2 is 2.00 bits per heavy atom. The normalized spacial score (nSPS) is 15.7. The van der Waals surface area contributed by atoms with Gasteiger partial charge in [-0.05, 0) is 38.0 Å². The van der Waals surface area contributed by atoms with Gasteiger partial charge < -0.3 is 15.4 Å². The van der Waals surface area contributed by atoms with Crippen molar-refractivity contribution in [3.63, 3.8) is 0 Å². The lowest BCUT2D eigenvalue weighted by Gasteiger charge is -2.24. The molecule has 1 fully saturated rings. The quantitative estimate of drug-likeness (QED) is 0.257. The van der Waals surface area contributed by atoms with Gasteiger partial charge in [0.25, 0.3) is 0 Å². The molecule has 1 atom stereocenters. The second-order valence-electron chi connectivity index (χ2n) is 6.31. The lowest BCUT2D eigenvalue weighted by atomic mass is 10.1. The predicted molar refractivity (Wildman–Crippen MR) is 116 cm³/mol. The van der Waals surface area contributed by atoms with Gasteiger partial charge >= 0.3 is 0 Å². The lowest BCUT2D eigenvalue weighted by molar-refractivity contribution is -0.147. The van der Waals surface area contributed by atoms with Crippen LogP contribution in [0.15, 0.2) is 23.2 Å². The molecule has 1 aromatic carbocycles. The van der Waals surface area contributed by atoms with Gasteiger partial charge in [-0.25, -0.2) is 4.39 Å². The molecule has 1 aliphatic heterocycles. The number of hydrogen-bond donors (Lipinski definition) is 2. The molecule has 0 radical (unpaired) electrons. The molecule has 0 spiro atoms. The zero-order chi connectivity index (χ0) is 19.8. The highest BCUT2D eigenvalue weighted by Crippen LogP contribution is 2.21. The molecule has 2 amide bonds. The molecule has 0 saturated carbocycles. The third kappa shape index (κ3) is 6.61. The molecule has 28 heavy (non-hydrogen) atoms. The highest BCUT2D eigenvalue weighted by atomic mass is 127. The van der Waals surface area contributed by atoms with E-state index in [9.17, 15) is 14.0 Å². The van der Waals surface area contributed by atoms with Crippen molar-refractivity contribution in [3.8, 4) is 5.75 Å². The van der Waals surface area contributed by atoms with Crippen molar-refractivity contribution in [1.29, 1.82) is 0 Å². The fraction of sp³-hybridized carbons (Fsp3) is 0.526. The molecule has 1 aromatic rings. The van der Waals surface area contributed by atoms with Crippen molar-refractivity contribution >= 4 is 41.8 Å². The number of likely N-dealkylation sites (tertiary alicyclic amines) is 1. The summed E-state index contributed by atoms with van der Waals surface area (Å²) in [6.45, 7) is 5.05. The minimum atomic E-state index is -0.423. The molecule has 2 N–H and O–H groups in total. The number of halogens is 2. The second kappa shape index (κ2) is 11.8. The Morgan fingerprint density at radius 3 is 2.57 bits per heavy atom. The van der Waals surface area contributed by atoms with E-state index in [2.05, 4.69) is 15.6 Å². The number of carbonyl (C=O) groups is 2. The molecule has 2 rings (SSSR count). The number of nitrogens with one attached hydrogen (secondary N) is 2. The summed E-state index contributed by atoms with van der Waals surface area (Å²) >= 11 is 0. The monoisotopic (exact) mass is 506 g/mol. The summed E-state index contributed by atoms with van der Waals surface area (Å²) in [7, 11) is 1.42. The summed E-state index contributed by atoms with van der Waals surface area (Å²) < 4.78 is 18.8. The Labute approximate surface area is 182 Å². The number of carbonyl (C=O) groups excluding carboxylic acids is 2. The minimum absolute atomic E-state index is 0. The fourth-order valence-corrected chi connectivity index (χ4v) is 2.87. The van der Waals surface area contributed by atoms with Crippen LogP contribution in [0, 0.1) is 5.82 Å². The van der Waals surface area contributed by atoms with Crippen LogP contribution in [0.3, 0.4) is 0 Å². The van der Waals surface area contributed by atoms with E-state index in [4.69, 9.17) is 4.74 Å². The number of nitrogens with zero attached hydrogens (tertiary/aromatic N) is 2. The number of ether oxygens (including phenoxy) is 1. The van der Waals surface area contributed by atoms with Gasteiger partial charge in [-0.3, -0.25) is 19.5 Å². The van der Waals surface area contributed by atoms with Crippen LogP contribution >= 0.6 is 24.0 Å². The Morgan fingerprint density at radius 1 is 1.32 bits per heavy atom. The molecule has 1 heterocycles. The molecule has 1 aliphatic rings. The number of imide groups is 1. The van der Waals surface area contributed by atoms with Crippen molar-refractivity contribution in [2.24, 2.45) is 4.99 Å². The average Bonchev–Trinajstić information content (AvgIpc) is 2.64. The maximum atomic E-state index is 13.9.